The topological polar surface area (TPSA) is 6.48 Å². The summed E-state index contributed by atoms with van der Waals surface area (Å²) in [5, 5.41) is 0. The summed E-state index contributed by atoms with van der Waals surface area (Å²) in [6.07, 6.45) is 14.2. The van der Waals surface area contributed by atoms with Crippen LogP contribution in [0.2, 0.25) is 0 Å². The first-order valence-corrected chi connectivity index (χ1v) is 15.1. The Hall–Kier alpha value is -2.22. The summed E-state index contributed by atoms with van der Waals surface area (Å²) in [4.78, 5) is 5.08. The Morgan fingerprint density at radius 1 is 0.486 bits per heavy atom. The third kappa shape index (κ3) is 8.66. The molecule has 204 valence electrons. The monoisotopic (exact) mass is 502 g/mol. The predicted octanol–water partition coefficient (Wildman–Crippen LogP) is 9.80. The molecule has 0 aliphatic carbocycles. The summed E-state index contributed by atoms with van der Waals surface area (Å²) >= 11 is 0. The third-order valence-electron chi connectivity index (χ3n) is 7.68. The van der Waals surface area contributed by atoms with E-state index in [4.69, 9.17) is 0 Å². The summed E-state index contributed by atoms with van der Waals surface area (Å²) in [7, 11) is 0. The molecule has 0 saturated carbocycles. The summed E-state index contributed by atoms with van der Waals surface area (Å²) in [6.45, 7) is 19.6. The lowest BCUT2D eigenvalue weighted by Crippen LogP contribution is -2.28. The van der Waals surface area contributed by atoms with E-state index < -0.39 is 0 Å². The maximum Gasteiger partial charge on any atom is 0.0989 e. The van der Waals surface area contributed by atoms with Crippen molar-refractivity contribution in [1.29, 1.82) is 0 Å². The molecule has 2 nitrogen and oxygen atoms in total. The summed E-state index contributed by atoms with van der Waals surface area (Å²) in [6, 6.07) is 14.1. The maximum atomic E-state index is 2.54. The van der Waals surface area contributed by atoms with Crippen molar-refractivity contribution in [3.8, 4) is 0 Å². The van der Waals surface area contributed by atoms with Crippen molar-refractivity contribution in [2.75, 3.05) is 16.5 Å². The van der Waals surface area contributed by atoms with Gasteiger partial charge in [-0.25, -0.2) is 0 Å². The molecule has 1 aliphatic rings. The molecule has 0 N–H and O–H groups in total. The first-order valence-electron chi connectivity index (χ1n) is 15.1. The van der Waals surface area contributed by atoms with Crippen molar-refractivity contribution in [1.82, 2.24) is 0 Å². The van der Waals surface area contributed by atoms with Crippen molar-refractivity contribution in [3.63, 3.8) is 0 Å². The Morgan fingerprint density at radius 2 is 0.757 bits per heavy atom. The van der Waals surface area contributed by atoms with E-state index in [0.717, 1.165) is 32.4 Å². The van der Waals surface area contributed by atoms with Crippen molar-refractivity contribution >= 4 is 11.4 Å². The van der Waals surface area contributed by atoms with Gasteiger partial charge in [-0.2, -0.15) is 0 Å². The number of aryl methyl sites for hydroxylation is 4. The molecule has 0 spiro atoms. The van der Waals surface area contributed by atoms with E-state index in [9.17, 15) is 0 Å². The molecule has 0 fully saturated rings. The molecule has 3 rings (SSSR count). The second kappa shape index (κ2) is 14.1. The number of rotatable bonds is 14. The molecule has 0 atom stereocenters. The fourth-order valence-electron chi connectivity index (χ4n) is 5.32. The van der Waals surface area contributed by atoms with E-state index in [1.54, 1.807) is 0 Å². The van der Waals surface area contributed by atoms with Crippen molar-refractivity contribution in [2.45, 2.75) is 107 Å². The van der Waals surface area contributed by atoms with Gasteiger partial charge in [-0.15, -0.1) is 0 Å². The highest BCUT2D eigenvalue weighted by Gasteiger charge is 2.24. The number of benzene rings is 2. The highest BCUT2D eigenvalue weighted by atomic mass is 15.3. The van der Waals surface area contributed by atoms with Gasteiger partial charge in [0, 0.05) is 23.8 Å². The smallest absolute Gasteiger partial charge is 0.0989 e. The molecule has 0 amide bonds. The van der Waals surface area contributed by atoms with Gasteiger partial charge in [0.15, 0.2) is 0 Å². The van der Waals surface area contributed by atoms with Crippen LogP contribution in [-0.4, -0.2) is 6.67 Å². The van der Waals surface area contributed by atoms with E-state index in [0.29, 0.717) is 23.7 Å². The SMILES string of the molecule is CC(C)CCc1cccc(CCC(C)C)c1N1C=CN(c2c(CCC(C)C)cccc2CCC(C)C)C1. The highest BCUT2D eigenvalue weighted by Crippen LogP contribution is 2.36. The van der Waals surface area contributed by atoms with E-state index in [-0.39, 0.29) is 0 Å². The quantitative estimate of drug-likeness (QED) is 0.254. The number of para-hydroxylation sites is 2. The summed E-state index contributed by atoms with van der Waals surface area (Å²) < 4.78 is 0. The van der Waals surface area contributed by atoms with Crippen molar-refractivity contribution in [2.24, 2.45) is 23.7 Å². The Balaban J connectivity index is 1.94. The molecule has 0 unspecified atom stereocenters. The second-order valence-corrected chi connectivity index (χ2v) is 13.0. The molecule has 1 aliphatic heterocycles. The van der Waals surface area contributed by atoms with Gasteiger partial charge in [0.2, 0.25) is 0 Å². The van der Waals surface area contributed by atoms with Gasteiger partial charge >= 0.3 is 0 Å². The van der Waals surface area contributed by atoms with Crippen LogP contribution in [0.4, 0.5) is 11.4 Å². The minimum Gasteiger partial charge on any atom is -0.328 e. The van der Waals surface area contributed by atoms with Gasteiger partial charge in [-0.05, 0) is 97.3 Å². The minimum atomic E-state index is 0.717. The normalized spacial score (nSPS) is 13.8. The van der Waals surface area contributed by atoms with Crippen molar-refractivity contribution in [3.05, 3.63) is 71.1 Å². The first kappa shape index (κ1) is 29.3. The molecular weight excluding hydrogens is 448 g/mol. The molecule has 1 heterocycles. The van der Waals surface area contributed by atoms with Gasteiger partial charge < -0.3 is 9.80 Å². The molecule has 2 aromatic rings. The van der Waals surface area contributed by atoms with Crippen LogP contribution in [0.1, 0.15) is 103 Å². The fraction of sp³-hybridized carbons (Fsp3) is 0.600. The highest BCUT2D eigenvalue weighted by molar-refractivity contribution is 5.69. The molecular formula is C35H54N2. The Labute approximate surface area is 229 Å². The second-order valence-electron chi connectivity index (χ2n) is 13.0. The Bertz CT molecular complexity index is 858. The van der Waals surface area contributed by atoms with Crippen LogP contribution < -0.4 is 9.80 Å². The zero-order valence-corrected chi connectivity index (χ0v) is 25.2. The van der Waals surface area contributed by atoms with E-state index in [1.807, 2.05) is 0 Å². The lowest BCUT2D eigenvalue weighted by molar-refractivity contribution is 0.580. The van der Waals surface area contributed by atoms with Crippen molar-refractivity contribution < 1.29 is 0 Å². The van der Waals surface area contributed by atoms with E-state index in [1.165, 1.54) is 59.3 Å². The largest absolute Gasteiger partial charge is 0.328 e. The maximum absolute atomic E-state index is 2.54. The van der Waals surface area contributed by atoms with Crippen LogP contribution in [0.3, 0.4) is 0 Å². The fourth-order valence-corrected chi connectivity index (χ4v) is 5.32. The lowest BCUT2D eigenvalue weighted by atomic mass is 9.94. The molecule has 0 bridgehead atoms. The van der Waals surface area contributed by atoms with Crippen LogP contribution in [0.15, 0.2) is 48.8 Å². The molecule has 2 heteroatoms. The molecule has 0 aromatic heterocycles. The van der Waals surface area contributed by atoms with Gasteiger partial charge in [0.05, 0.1) is 6.67 Å². The van der Waals surface area contributed by atoms with Gasteiger partial charge in [-0.3, -0.25) is 0 Å². The predicted molar refractivity (Wildman–Crippen MR) is 164 cm³/mol. The third-order valence-corrected chi connectivity index (χ3v) is 7.68. The number of anilines is 2. The van der Waals surface area contributed by atoms with Crippen LogP contribution in [0.5, 0.6) is 0 Å². The van der Waals surface area contributed by atoms with E-state index >= 15 is 0 Å². The Morgan fingerprint density at radius 3 is 1.00 bits per heavy atom. The zero-order valence-electron chi connectivity index (χ0n) is 25.2. The molecule has 37 heavy (non-hydrogen) atoms. The van der Waals surface area contributed by atoms with Crippen LogP contribution in [-0.2, 0) is 25.7 Å². The number of hydrogen-bond donors (Lipinski definition) is 0. The van der Waals surface area contributed by atoms with Gasteiger partial charge in [-0.1, -0.05) is 91.8 Å². The number of hydrogen-bond acceptors (Lipinski definition) is 2. The van der Waals surface area contributed by atoms with Crippen LogP contribution in [0, 0.1) is 23.7 Å². The lowest BCUT2D eigenvalue weighted by Gasteiger charge is -2.29. The Kier molecular flexibility index (Phi) is 11.2. The molecule has 0 saturated heterocycles. The average Bonchev–Trinajstić information content (AvgIpc) is 3.32. The summed E-state index contributed by atoms with van der Waals surface area (Å²) in [5.74, 6) is 2.87. The van der Waals surface area contributed by atoms with Crippen LogP contribution >= 0.6 is 0 Å². The summed E-state index contributed by atoms with van der Waals surface area (Å²) in [5.41, 5.74) is 8.96. The standard InChI is InChI=1S/C35H54N2/c1-26(2)15-19-30-11-9-12-31(20-16-27(3)4)34(30)36-23-24-37(25-36)35-32(21-17-28(5)6)13-10-14-33(35)22-18-29(7)8/h9-14,23-24,26-29H,15-22,25H2,1-8H3. The average molecular weight is 503 g/mol. The first-order chi connectivity index (χ1) is 17.7. The van der Waals surface area contributed by atoms with E-state index in [2.05, 4.69) is 114 Å². The zero-order chi connectivity index (χ0) is 26.9. The number of nitrogens with zero attached hydrogens (tertiary/aromatic N) is 2. The van der Waals surface area contributed by atoms with Gasteiger partial charge in [0.1, 0.15) is 0 Å². The van der Waals surface area contributed by atoms with Gasteiger partial charge in [0.25, 0.3) is 0 Å². The van der Waals surface area contributed by atoms with Crippen LogP contribution in [0.25, 0.3) is 0 Å². The molecule has 0 radical (unpaired) electrons. The molecule has 2 aromatic carbocycles. The minimum absolute atomic E-state index is 0.717.